The van der Waals surface area contributed by atoms with E-state index in [2.05, 4.69) is 14.9 Å². The molecular formula is C15H23N3O2S. The second-order valence-corrected chi connectivity index (χ2v) is 7.68. The van der Waals surface area contributed by atoms with E-state index in [1.165, 1.54) is 25.9 Å². The van der Waals surface area contributed by atoms with Gasteiger partial charge < -0.3 is 10.2 Å². The molecule has 5 nitrogen and oxygen atoms in total. The summed E-state index contributed by atoms with van der Waals surface area (Å²) in [4.78, 5) is 2.82. The van der Waals surface area contributed by atoms with Gasteiger partial charge in [-0.3, -0.25) is 0 Å². The second kappa shape index (κ2) is 5.94. The summed E-state index contributed by atoms with van der Waals surface area (Å²) in [5, 5.41) is 3.57. The van der Waals surface area contributed by atoms with Crippen molar-refractivity contribution in [3.63, 3.8) is 0 Å². The number of sulfonamides is 1. The van der Waals surface area contributed by atoms with Gasteiger partial charge in [-0.05, 0) is 56.1 Å². The molecular weight excluding hydrogens is 286 g/mol. The number of hydrogen-bond acceptors (Lipinski definition) is 4. The molecule has 0 aromatic heterocycles. The Balaban J connectivity index is 1.68. The number of piperidine rings is 3. The zero-order valence-electron chi connectivity index (χ0n) is 12.4. The van der Waals surface area contributed by atoms with Gasteiger partial charge in [0.05, 0.1) is 4.90 Å². The summed E-state index contributed by atoms with van der Waals surface area (Å²) in [7, 11) is -3.35. The molecule has 6 heteroatoms. The number of anilines is 1. The molecule has 3 aliphatic heterocycles. The van der Waals surface area contributed by atoms with E-state index >= 15 is 0 Å². The second-order valence-electron chi connectivity index (χ2n) is 5.91. The summed E-state index contributed by atoms with van der Waals surface area (Å²) in [5.74, 6) is 0.750. The van der Waals surface area contributed by atoms with Crippen LogP contribution in [0.5, 0.6) is 0 Å². The molecule has 0 radical (unpaired) electrons. The summed E-state index contributed by atoms with van der Waals surface area (Å²) in [6.07, 6.45) is 2.54. The molecule has 1 aromatic rings. The van der Waals surface area contributed by atoms with Crippen LogP contribution in [0, 0.1) is 5.92 Å². The van der Waals surface area contributed by atoms with Crippen molar-refractivity contribution in [2.24, 2.45) is 5.92 Å². The third-order valence-electron chi connectivity index (χ3n) is 4.51. The van der Waals surface area contributed by atoms with E-state index in [9.17, 15) is 8.42 Å². The van der Waals surface area contributed by atoms with Gasteiger partial charge in [0.1, 0.15) is 0 Å². The number of hydrogen-bond donors (Lipinski definition) is 2. The van der Waals surface area contributed by atoms with Crippen LogP contribution in [0.3, 0.4) is 0 Å². The van der Waals surface area contributed by atoms with Crippen molar-refractivity contribution in [1.82, 2.24) is 9.62 Å². The quantitative estimate of drug-likeness (QED) is 0.865. The van der Waals surface area contributed by atoms with E-state index in [4.69, 9.17) is 0 Å². The van der Waals surface area contributed by atoms with E-state index in [1.54, 1.807) is 19.1 Å². The lowest BCUT2D eigenvalue weighted by Crippen LogP contribution is -2.53. The van der Waals surface area contributed by atoms with Gasteiger partial charge in [0, 0.05) is 24.8 Å². The number of fused-ring (bicyclic) bond motifs is 3. The largest absolute Gasteiger partial charge is 0.381 e. The van der Waals surface area contributed by atoms with Crippen LogP contribution in [-0.2, 0) is 10.0 Å². The molecule has 0 aliphatic carbocycles. The minimum Gasteiger partial charge on any atom is -0.381 e. The molecule has 2 N–H and O–H groups in total. The van der Waals surface area contributed by atoms with Gasteiger partial charge in [-0.15, -0.1) is 0 Å². The Bertz CT molecular complexity index is 577. The van der Waals surface area contributed by atoms with E-state index in [0.717, 1.165) is 18.2 Å². The van der Waals surface area contributed by atoms with E-state index in [0.29, 0.717) is 17.5 Å². The highest BCUT2D eigenvalue weighted by Crippen LogP contribution is 2.29. The monoisotopic (exact) mass is 309 g/mol. The summed E-state index contributed by atoms with van der Waals surface area (Å²) >= 11 is 0. The number of nitrogens with zero attached hydrogens (tertiary/aromatic N) is 1. The van der Waals surface area contributed by atoms with Crippen LogP contribution in [0.1, 0.15) is 19.8 Å². The van der Waals surface area contributed by atoms with Crippen molar-refractivity contribution in [3.8, 4) is 0 Å². The molecule has 1 atom stereocenters. The van der Waals surface area contributed by atoms with Crippen LogP contribution in [-0.4, -0.2) is 45.5 Å². The molecule has 0 spiro atoms. The Morgan fingerprint density at radius 2 is 1.86 bits per heavy atom. The molecule has 1 aromatic carbocycles. The Morgan fingerprint density at radius 1 is 1.19 bits per heavy atom. The molecule has 0 amide bonds. The van der Waals surface area contributed by atoms with Gasteiger partial charge in [0.25, 0.3) is 0 Å². The van der Waals surface area contributed by atoms with E-state index in [1.807, 2.05) is 12.1 Å². The van der Waals surface area contributed by atoms with E-state index in [-0.39, 0.29) is 0 Å². The first kappa shape index (κ1) is 14.8. The molecule has 3 saturated heterocycles. The smallest absolute Gasteiger partial charge is 0.240 e. The lowest BCUT2D eigenvalue weighted by atomic mass is 9.84. The molecule has 3 heterocycles. The van der Waals surface area contributed by atoms with Gasteiger partial charge >= 0.3 is 0 Å². The number of benzene rings is 1. The number of nitrogens with one attached hydrogen (secondary N) is 2. The predicted molar refractivity (Wildman–Crippen MR) is 83.9 cm³/mol. The maximum absolute atomic E-state index is 11.9. The van der Waals surface area contributed by atoms with Crippen LogP contribution in [0.15, 0.2) is 29.2 Å². The molecule has 1 unspecified atom stereocenters. The molecule has 3 aliphatic rings. The van der Waals surface area contributed by atoms with Gasteiger partial charge in [-0.1, -0.05) is 6.92 Å². The first-order chi connectivity index (χ1) is 10.1. The van der Waals surface area contributed by atoms with Gasteiger partial charge in [-0.25, -0.2) is 13.1 Å². The van der Waals surface area contributed by atoms with Gasteiger partial charge in [-0.2, -0.15) is 0 Å². The third kappa shape index (κ3) is 3.22. The van der Waals surface area contributed by atoms with Gasteiger partial charge in [0.15, 0.2) is 0 Å². The third-order valence-corrected chi connectivity index (χ3v) is 6.07. The van der Waals surface area contributed by atoms with Crippen LogP contribution in [0.4, 0.5) is 5.69 Å². The van der Waals surface area contributed by atoms with Crippen molar-refractivity contribution in [3.05, 3.63) is 24.3 Å². The summed E-state index contributed by atoms with van der Waals surface area (Å²) in [6, 6.07) is 7.55. The predicted octanol–water partition coefficient (Wildman–Crippen LogP) is 1.49. The standard InChI is InChI=1S/C15H23N3O2S/c1-2-16-21(19,20)14-5-3-13(4-6-14)17-15-11-18-9-7-12(15)8-10-18/h3-6,12,15-17H,2,7-11H2,1H3. The summed E-state index contributed by atoms with van der Waals surface area (Å²) in [6.45, 7) is 5.73. The summed E-state index contributed by atoms with van der Waals surface area (Å²) < 4.78 is 26.3. The molecule has 21 heavy (non-hydrogen) atoms. The van der Waals surface area contributed by atoms with Gasteiger partial charge in [0.2, 0.25) is 10.0 Å². The topological polar surface area (TPSA) is 61.4 Å². The average Bonchev–Trinajstić information content (AvgIpc) is 2.49. The Hall–Kier alpha value is -1.11. The summed E-state index contributed by atoms with van der Waals surface area (Å²) in [5.41, 5.74) is 1.00. The molecule has 3 fully saturated rings. The molecule has 4 rings (SSSR count). The highest BCUT2D eigenvalue weighted by Gasteiger charge is 2.33. The minimum atomic E-state index is -3.35. The molecule has 116 valence electrons. The lowest BCUT2D eigenvalue weighted by Gasteiger charge is -2.45. The highest BCUT2D eigenvalue weighted by molar-refractivity contribution is 7.89. The first-order valence-corrected chi connectivity index (χ1v) is 9.15. The Labute approximate surface area is 126 Å². The van der Waals surface area contributed by atoms with Crippen LogP contribution >= 0.6 is 0 Å². The van der Waals surface area contributed by atoms with Crippen molar-refractivity contribution < 1.29 is 8.42 Å². The van der Waals surface area contributed by atoms with Crippen molar-refractivity contribution in [1.29, 1.82) is 0 Å². The van der Waals surface area contributed by atoms with Crippen molar-refractivity contribution in [2.45, 2.75) is 30.7 Å². The fourth-order valence-corrected chi connectivity index (χ4v) is 4.39. The lowest BCUT2D eigenvalue weighted by molar-refractivity contribution is 0.0975. The van der Waals surface area contributed by atoms with Crippen LogP contribution in [0.25, 0.3) is 0 Å². The number of rotatable bonds is 5. The average molecular weight is 309 g/mol. The SMILES string of the molecule is CCNS(=O)(=O)c1ccc(NC2CN3CCC2CC3)cc1. The first-order valence-electron chi connectivity index (χ1n) is 7.67. The zero-order chi connectivity index (χ0) is 14.9. The molecule has 2 bridgehead atoms. The molecule has 0 saturated carbocycles. The maximum atomic E-state index is 11.9. The highest BCUT2D eigenvalue weighted by atomic mass is 32.2. The van der Waals surface area contributed by atoms with Crippen molar-refractivity contribution >= 4 is 15.7 Å². The van der Waals surface area contributed by atoms with Crippen molar-refractivity contribution in [2.75, 3.05) is 31.5 Å². The minimum absolute atomic E-state index is 0.323. The normalized spacial score (nSPS) is 28.5. The zero-order valence-corrected chi connectivity index (χ0v) is 13.2. The maximum Gasteiger partial charge on any atom is 0.240 e. The Morgan fingerprint density at radius 3 is 2.38 bits per heavy atom. The fraction of sp³-hybridized carbons (Fsp3) is 0.600. The van der Waals surface area contributed by atoms with E-state index < -0.39 is 10.0 Å². The van der Waals surface area contributed by atoms with Crippen LogP contribution < -0.4 is 10.0 Å². The van der Waals surface area contributed by atoms with Crippen LogP contribution in [0.2, 0.25) is 0 Å². The Kier molecular flexibility index (Phi) is 4.19. The fourth-order valence-electron chi connectivity index (χ4n) is 3.35.